The lowest BCUT2D eigenvalue weighted by Gasteiger charge is -2.16. The van der Waals surface area contributed by atoms with Crippen LogP contribution >= 0.6 is 23.2 Å². The molecule has 0 aliphatic carbocycles. The highest BCUT2D eigenvalue weighted by Crippen LogP contribution is 2.27. The number of amides is 1. The molecule has 1 aromatic carbocycles. The number of nitrogens with one attached hydrogen (secondary N) is 1. The minimum absolute atomic E-state index is 0.190. The molecule has 1 atom stereocenters. The Kier molecular flexibility index (Phi) is 4.71. The molecule has 3 rings (SSSR count). The van der Waals surface area contributed by atoms with Gasteiger partial charge in [0.2, 0.25) is 0 Å². The lowest BCUT2D eigenvalue weighted by Crippen LogP contribution is -2.27. The quantitative estimate of drug-likeness (QED) is 0.737. The average molecular weight is 377 g/mol. The van der Waals surface area contributed by atoms with Crippen molar-refractivity contribution in [2.24, 2.45) is 7.05 Å². The molecular weight excluding hydrogens is 359 g/mol. The molecule has 0 radical (unpaired) electrons. The second-order valence-electron chi connectivity index (χ2n) is 6.08. The van der Waals surface area contributed by atoms with Gasteiger partial charge in [-0.05, 0) is 44.5 Å². The number of halogens is 2. The molecule has 25 heavy (non-hydrogen) atoms. The van der Waals surface area contributed by atoms with E-state index in [1.165, 1.54) is 0 Å². The second-order valence-corrected chi connectivity index (χ2v) is 6.92. The molecule has 0 fully saturated rings. The van der Waals surface area contributed by atoms with Crippen molar-refractivity contribution in [3.05, 3.63) is 56.8 Å². The Hall–Kier alpha value is -2.11. The summed E-state index contributed by atoms with van der Waals surface area (Å²) < 4.78 is 1.69. The van der Waals surface area contributed by atoms with Gasteiger partial charge in [0.15, 0.2) is 5.65 Å². The van der Waals surface area contributed by atoms with Crippen molar-refractivity contribution in [1.82, 2.24) is 20.1 Å². The molecule has 2 heterocycles. The fourth-order valence-corrected chi connectivity index (χ4v) is 3.53. The maximum absolute atomic E-state index is 12.9. The Bertz CT molecular complexity index is 981. The predicted octanol–water partition coefficient (Wildman–Crippen LogP) is 4.38. The molecule has 0 saturated carbocycles. The van der Waals surface area contributed by atoms with Crippen molar-refractivity contribution >= 4 is 40.1 Å². The van der Waals surface area contributed by atoms with Crippen LogP contribution in [0.2, 0.25) is 10.0 Å². The van der Waals surface area contributed by atoms with Crippen LogP contribution in [0.3, 0.4) is 0 Å². The van der Waals surface area contributed by atoms with Crippen molar-refractivity contribution in [1.29, 1.82) is 0 Å². The van der Waals surface area contributed by atoms with Crippen molar-refractivity contribution < 1.29 is 4.79 Å². The highest BCUT2D eigenvalue weighted by Gasteiger charge is 2.20. The van der Waals surface area contributed by atoms with Gasteiger partial charge in [0, 0.05) is 22.8 Å². The molecule has 0 aliphatic rings. The number of carbonyl (C=O) groups excluding carboxylic acids is 1. The fourth-order valence-electron chi connectivity index (χ4n) is 2.95. The summed E-state index contributed by atoms with van der Waals surface area (Å²) in [5.74, 6) is -0.190. The third-order valence-electron chi connectivity index (χ3n) is 4.12. The number of benzene rings is 1. The first-order chi connectivity index (χ1) is 11.8. The third kappa shape index (κ3) is 3.34. The molecule has 3 aromatic rings. The number of aromatic nitrogens is 3. The number of fused-ring (bicyclic) bond motifs is 1. The number of aryl methyl sites for hydroxylation is 3. The first-order valence-electron chi connectivity index (χ1n) is 7.84. The van der Waals surface area contributed by atoms with Gasteiger partial charge in [-0.1, -0.05) is 29.3 Å². The van der Waals surface area contributed by atoms with E-state index in [1.54, 1.807) is 22.9 Å². The number of rotatable bonds is 3. The van der Waals surface area contributed by atoms with E-state index in [0.717, 1.165) is 22.3 Å². The Labute approximate surface area is 156 Å². The molecule has 0 aliphatic heterocycles. The lowest BCUT2D eigenvalue weighted by molar-refractivity contribution is 0.0941. The molecule has 0 spiro atoms. The van der Waals surface area contributed by atoms with Gasteiger partial charge in [-0.2, -0.15) is 5.10 Å². The number of carbonyl (C=O) groups is 1. The highest BCUT2D eigenvalue weighted by molar-refractivity contribution is 6.35. The van der Waals surface area contributed by atoms with E-state index < -0.39 is 0 Å². The van der Waals surface area contributed by atoms with Crippen LogP contribution in [0.25, 0.3) is 11.0 Å². The number of hydrogen-bond donors (Lipinski definition) is 1. The number of pyridine rings is 1. The van der Waals surface area contributed by atoms with Gasteiger partial charge in [-0.3, -0.25) is 9.48 Å². The summed E-state index contributed by atoms with van der Waals surface area (Å²) in [6, 6.07) is 6.76. The maximum atomic E-state index is 12.9. The largest absolute Gasteiger partial charge is 0.345 e. The Balaban J connectivity index is 1.97. The SMILES string of the molecule is Cc1cc(C(=O)N[C@H](C)c2ccc(Cl)cc2Cl)c2c(C)nn(C)c2n1. The van der Waals surface area contributed by atoms with Gasteiger partial charge in [0.05, 0.1) is 22.7 Å². The van der Waals surface area contributed by atoms with E-state index in [2.05, 4.69) is 15.4 Å². The molecule has 0 bridgehead atoms. The minimum Gasteiger partial charge on any atom is -0.345 e. The summed E-state index contributed by atoms with van der Waals surface area (Å²) in [5, 5.41) is 9.22. The van der Waals surface area contributed by atoms with Crippen LogP contribution < -0.4 is 5.32 Å². The summed E-state index contributed by atoms with van der Waals surface area (Å²) in [5.41, 5.74) is 3.60. The third-order valence-corrected chi connectivity index (χ3v) is 4.68. The summed E-state index contributed by atoms with van der Waals surface area (Å²) in [6.45, 7) is 5.61. The van der Waals surface area contributed by atoms with E-state index in [4.69, 9.17) is 23.2 Å². The van der Waals surface area contributed by atoms with Crippen LogP contribution in [0.15, 0.2) is 24.3 Å². The number of nitrogens with zero attached hydrogens (tertiary/aromatic N) is 3. The Morgan fingerprint density at radius 3 is 2.64 bits per heavy atom. The second kappa shape index (κ2) is 6.65. The minimum atomic E-state index is -0.266. The van der Waals surface area contributed by atoms with Gasteiger partial charge in [0.1, 0.15) is 0 Å². The van der Waals surface area contributed by atoms with E-state index in [0.29, 0.717) is 21.3 Å². The van der Waals surface area contributed by atoms with Crippen LogP contribution in [0.5, 0.6) is 0 Å². The van der Waals surface area contributed by atoms with Crippen molar-refractivity contribution in [3.8, 4) is 0 Å². The molecule has 0 saturated heterocycles. The van der Waals surface area contributed by atoms with Crippen LogP contribution in [0.4, 0.5) is 0 Å². The Morgan fingerprint density at radius 2 is 1.96 bits per heavy atom. The lowest BCUT2D eigenvalue weighted by atomic mass is 10.1. The first-order valence-corrected chi connectivity index (χ1v) is 8.60. The van der Waals surface area contributed by atoms with Gasteiger partial charge >= 0.3 is 0 Å². The zero-order valence-electron chi connectivity index (χ0n) is 14.4. The summed E-state index contributed by atoms with van der Waals surface area (Å²) in [6.07, 6.45) is 0. The summed E-state index contributed by atoms with van der Waals surface area (Å²) in [4.78, 5) is 17.4. The number of hydrogen-bond acceptors (Lipinski definition) is 3. The van der Waals surface area contributed by atoms with E-state index in [9.17, 15) is 4.79 Å². The molecule has 2 aromatic heterocycles. The molecule has 1 N–H and O–H groups in total. The molecule has 130 valence electrons. The fraction of sp³-hybridized carbons (Fsp3) is 0.278. The van der Waals surface area contributed by atoms with Crippen molar-refractivity contribution in [3.63, 3.8) is 0 Å². The summed E-state index contributed by atoms with van der Waals surface area (Å²) >= 11 is 12.2. The zero-order valence-corrected chi connectivity index (χ0v) is 15.9. The van der Waals surface area contributed by atoms with Gasteiger partial charge in [-0.15, -0.1) is 0 Å². The average Bonchev–Trinajstić information content (AvgIpc) is 2.80. The van der Waals surface area contributed by atoms with E-state index >= 15 is 0 Å². The van der Waals surface area contributed by atoms with Crippen LogP contribution in [-0.4, -0.2) is 20.7 Å². The Morgan fingerprint density at radius 1 is 1.24 bits per heavy atom. The topological polar surface area (TPSA) is 59.8 Å². The highest BCUT2D eigenvalue weighted by atomic mass is 35.5. The van der Waals surface area contributed by atoms with E-state index in [-0.39, 0.29) is 11.9 Å². The van der Waals surface area contributed by atoms with Crippen LogP contribution in [0, 0.1) is 13.8 Å². The molecule has 5 nitrogen and oxygen atoms in total. The monoisotopic (exact) mass is 376 g/mol. The molecule has 1 amide bonds. The van der Waals surface area contributed by atoms with Gasteiger partial charge < -0.3 is 5.32 Å². The van der Waals surface area contributed by atoms with E-state index in [1.807, 2.05) is 33.9 Å². The van der Waals surface area contributed by atoms with Crippen LogP contribution in [-0.2, 0) is 7.05 Å². The first kappa shape index (κ1) is 17.7. The van der Waals surface area contributed by atoms with Gasteiger partial charge in [-0.25, -0.2) is 4.98 Å². The van der Waals surface area contributed by atoms with Gasteiger partial charge in [0.25, 0.3) is 5.91 Å². The zero-order chi connectivity index (χ0) is 18.3. The summed E-state index contributed by atoms with van der Waals surface area (Å²) in [7, 11) is 1.82. The smallest absolute Gasteiger partial charge is 0.252 e. The maximum Gasteiger partial charge on any atom is 0.252 e. The molecule has 0 unspecified atom stereocenters. The van der Waals surface area contributed by atoms with Crippen LogP contribution in [0.1, 0.15) is 40.3 Å². The molecular formula is C18H18Cl2N4O. The standard InChI is InChI=1S/C18H18Cl2N4O/c1-9-7-14(16-11(3)23-24(4)17(16)21-9)18(25)22-10(2)13-6-5-12(19)8-15(13)20/h5-8,10H,1-4H3,(H,22,25)/t10-/m1/s1. The van der Waals surface area contributed by atoms with Crippen molar-refractivity contribution in [2.45, 2.75) is 26.8 Å². The normalized spacial score (nSPS) is 12.4. The van der Waals surface area contributed by atoms with Crippen molar-refractivity contribution in [2.75, 3.05) is 0 Å². The predicted molar refractivity (Wildman–Crippen MR) is 100 cm³/mol. The molecule has 7 heteroatoms.